The van der Waals surface area contributed by atoms with Crippen LogP contribution in [0.1, 0.15) is 5.56 Å². The molecule has 0 fully saturated rings. The van der Waals surface area contributed by atoms with Crippen LogP contribution < -0.4 is 9.64 Å². The number of rotatable bonds is 4. The van der Waals surface area contributed by atoms with Crippen LogP contribution in [-0.4, -0.2) is 19.1 Å². The zero-order chi connectivity index (χ0) is 13.0. The second-order valence-corrected chi connectivity index (χ2v) is 4.02. The van der Waals surface area contributed by atoms with E-state index >= 15 is 0 Å². The fourth-order valence-electron chi connectivity index (χ4n) is 1.70. The second kappa shape index (κ2) is 5.49. The van der Waals surface area contributed by atoms with E-state index in [9.17, 15) is 4.39 Å². The molecule has 4 heteroatoms. The van der Waals surface area contributed by atoms with E-state index in [0.29, 0.717) is 12.4 Å². The van der Waals surface area contributed by atoms with Gasteiger partial charge in [0.15, 0.2) is 0 Å². The maximum atomic E-state index is 13.0. The lowest BCUT2D eigenvalue weighted by atomic mass is 10.2. The monoisotopic (exact) mass is 246 g/mol. The van der Waals surface area contributed by atoms with E-state index in [1.165, 1.54) is 6.07 Å². The molecule has 0 aliphatic rings. The Hall–Kier alpha value is -2.10. The maximum Gasteiger partial charge on any atom is 0.214 e. The lowest BCUT2D eigenvalue weighted by Gasteiger charge is -2.18. The van der Waals surface area contributed by atoms with Crippen molar-refractivity contribution in [3.63, 3.8) is 0 Å². The summed E-state index contributed by atoms with van der Waals surface area (Å²) in [5, 5.41) is 0. The Kier molecular flexibility index (Phi) is 3.77. The van der Waals surface area contributed by atoms with Crippen molar-refractivity contribution in [3.8, 4) is 5.75 Å². The van der Waals surface area contributed by atoms with Crippen LogP contribution in [0.15, 0.2) is 42.5 Å². The Morgan fingerprint density at radius 1 is 1.17 bits per heavy atom. The van der Waals surface area contributed by atoms with Crippen LogP contribution in [0.5, 0.6) is 5.75 Å². The standard InChI is InChI=1S/C14H15FN2O/c1-17(14-5-3-4-13(15)16-14)10-11-6-8-12(18-2)9-7-11/h3-9H,10H2,1-2H3. The van der Waals surface area contributed by atoms with Gasteiger partial charge < -0.3 is 9.64 Å². The molecule has 18 heavy (non-hydrogen) atoms. The number of pyridine rings is 1. The molecule has 2 rings (SSSR count). The van der Waals surface area contributed by atoms with E-state index in [4.69, 9.17) is 4.74 Å². The molecule has 1 aromatic heterocycles. The Morgan fingerprint density at radius 2 is 1.89 bits per heavy atom. The zero-order valence-corrected chi connectivity index (χ0v) is 10.4. The normalized spacial score (nSPS) is 10.2. The molecule has 1 heterocycles. The summed E-state index contributed by atoms with van der Waals surface area (Å²) in [4.78, 5) is 5.73. The van der Waals surface area contributed by atoms with E-state index in [1.54, 1.807) is 19.2 Å². The van der Waals surface area contributed by atoms with Gasteiger partial charge in [-0.1, -0.05) is 18.2 Å². The largest absolute Gasteiger partial charge is 0.497 e. The van der Waals surface area contributed by atoms with Gasteiger partial charge >= 0.3 is 0 Å². The second-order valence-electron chi connectivity index (χ2n) is 4.02. The average molecular weight is 246 g/mol. The van der Waals surface area contributed by atoms with Gasteiger partial charge in [0, 0.05) is 13.6 Å². The number of hydrogen-bond donors (Lipinski definition) is 0. The Morgan fingerprint density at radius 3 is 2.50 bits per heavy atom. The summed E-state index contributed by atoms with van der Waals surface area (Å²) in [5.74, 6) is 0.977. The Labute approximate surface area is 106 Å². The number of aromatic nitrogens is 1. The molecule has 0 unspecified atom stereocenters. The first-order valence-electron chi connectivity index (χ1n) is 5.65. The highest BCUT2D eigenvalue weighted by Crippen LogP contribution is 2.15. The summed E-state index contributed by atoms with van der Waals surface area (Å²) in [5.41, 5.74) is 1.12. The minimum Gasteiger partial charge on any atom is -0.497 e. The Balaban J connectivity index is 2.08. The number of halogens is 1. The van der Waals surface area contributed by atoms with E-state index in [0.717, 1.165) is 11.3 Å². The highest BCUT2D eigenvalue weighted by molar-refractivity contribution is 5.38. The molecule has 0 aliphatic carbocycles. The number of hydrogen-bond acceptors (Lipinski definition) is 3. The van der Waals surface area contributed by atoms with Crippen LogP contribution in [0, 0.1) is 5.95 Å². The lowest BCUT2D eigenvalue weighted by Crippen LogP contribution is -2.17. The van der Waals surface area contributed by atoms with Gasteiger partial charge in [-0.25, -0.2) is 4.98 Å². The summed E-state index contributed by atoms with van der Waals surface area (Å²) in [6.45, 7) is 0.667. The van der Waals surface area contributed by atoms with E-state index in [2.05, 4.69) is 4.98 Å². The van der Waals surface area contributed by atoms with Crippen molar-refractivity contribution >= 4 is 5.82 Å². The maximum absolute atomic E-state index is 13.0. The summed E-state index contributed by atoms with van der Waals surface area (Å²) in [6, 6.07) is 12.5. The van der Waals surface area contributed by atoms with Crippen molar-refractivity contribution in [2.75, 3.05) is 19.1 Å². The molecule has 0 radical (unpaired) electrons. The van der Waals surface area contributed by atoms with Gasteiger partial charge in [0.25, 0.3) is 0 Å². The van der Waals surface area contributed by atoms with Crippen molar-refractivity contribution in [2.24, 2.45) is 0 Å². The van der Waals surface area contributed by atoms with E-state index < -0.39 is 5.95 Å². The molecule has 0 saturated carbocycles. The molecule has 0 atom stereocenters. The number of methoxy groups -OCH3 is 1. The molecular weight excluding hydrogens is 231 g/mol. The number of anilines is 1. The smallest absolute Gasteiger partial charge is 0.214 e. The van der Waals surface area contributed by atoms with Crippen molar-refractivity contribution < 1.29 is 9.13 Å². The summed E-state index contributed by atoms with van der Waals surface area (Å²) >= 11 is 0. The number of nitrogens with zero attached hydrogens (tertiary/aromatic N) is 2. The van der Waals surface area contributed by atoms with Gasteiger partial charge in [-0.3, -0.25) is 0 Å². The first kappa shape index (κ1) is 12.4. The molecule has 0 N–H and O–H groups in total. The highest BCUT2D eigenvalue weighted by Gasteiger charge is 2.04. The average Bonchev–Trinajstić information content (AvgIpc) is 2.39. The van der Waals surface area contributed by atoms with Gasteiger partial charge in [0.2, 0.25) is 5.95 Å². The van der Waals surface area contributed by atoms with Crippen LogP contribution >= 0.6 is 0 Å². The van der Waals surface area contributed by atoms with Crippen LogP contribution in [0.25, 0.3) is 0 Å². The van der Waals surface area contributed by atoms with E-state index in [1.807, 2.05) is 36.2 Å². The van der Waals surface area contributed by atoms with Gasteiger partial charge in [0.05, 0.1) is 7.11 Å². The van der Waals surface area contributed by atoms with Crippen LogP contribution in [0.4, 0.5) is 10.2 Å². The first-order chi connectivity index (χ1) is 8.69. The number of benzene rings is 1. The van der Waals surface area contributed by atoms with Crippen LogP contribution in [0.3, 0.4) is 0 Å². The van der Waals surface area contributed by atoms with Crippen molar-refractivity contribution in [1.82, 2.24) is 4.98 Å². The third-order valence-electron chi connectivity index (χ3n) is 2.67. The molecule has 0 bridgehead atoms. The van der Waals surface area contributed by atoms with Crippen LogP contribution in [-0.2, 0) is 6.54 Å². The zero-order valence-electron chi connectivity index (χ0n) is 10.4. The van der Waals surface area contributed by atoms with Gasteiger partial charge in [-0.2, -0.15) is 4.39 Å². The molecule has 3 nitrogen and oxygen atoms in total. The molecule has 2 aromatic rings. The predicted molar refractivity (Wildman–Crippen MR) is 69.3 cm³/mol. The van der Waals surface area contributed by atoms with Crippen molar-refractivity contribution in [2.45, 2.75) is 6.54 Å². The molecule has 0 aliphatic heterocycles. The van der Waals surface area contributed by atoms with Crippen LogP contribution in [0.2, 0.25) is 0 Å². The molecule has 94 valence electrons. The SMILES string of the molecule is COc1ccc(CN(C)c2cccc(F)n2)cc1. The summed E-state index contributed by atoms with van der Waals surface area (Å²) in [6.07, 6.45) is 0. The van der Waals surface area contributed by atoms with Gasteiger partial charge in [-0.15, -0.1) is 0 Å². The van der Waals surface area contributed by atoms with Gasteiger partial charge in [-0.05, 0) is 29.8 Å². The van der Waals surface area contributed by atoms with E-state index in [-0.39, 0.29) is 0 Å². The predicted octanol–water partition coefficient (Wildman–Crippen LogP) is 2.87. The molecule has 1 aromatic carbocycles. The fourth-order valence-corrected chi connectivity index (χ4v) is 1.70. The summed E-state index contributed by atoms with van der Waals surface area (Å²) < 4.78 is 18.1. The van der Waals surface area contributed by atoms with Crippen molar-refractivity contribution in [3.05, 3.63) is 54.0 Å². The molecular formula is C14H15FN2O. The van der Waals surface area contributed by atoms with Gasteiger partial charge in [0.1, 0.15) is 11.6 Å². The summed E-state index contributed by atoms with van der Waals surface area (Å²) in [7, 11) is 3.52. The lowest BCUT2D eigenvalue weighted by molar-refractivity contribution is 0.414. The first-order valence-corrected chi connectivity index (χ1v) is 5.65. The third-order valence-corrected chi connectivity index (χ3v) is 2.67. The Bertz CT molecular complexity index is 513. The highest BCUT2D eigenvalue weighted by atomic mass is 19.1. The number of ether oxygens (including phenoxy) is 1. The minimum atomic E-state index is -0.464. The fraction of sp³-hybridized carbons (Fsp3) is 0.214. The topological polar surface area (TPSA) is 25.4 Å². The van der Waals surface area contributed by atoms with Crippen molar-refractivity contribution in [1.29, 1.82) is 0 Å². The quantitative estimate of drug-likeness (QED) is 0.776. The minimum absolute atomic E-state index is 0.464. The molecule has 0 spiro atoms. The molecule has 0 amide bonds. The third kappa shape index (κ3) is 2.97. The molecule has 0 saturated heterocycles.